The Morgan fingerprint density at radius 2 is 2.20 bits per heavy atom. The number of amides is 1. The maximum absolute atomic E-state index is 12.1. The van der Waals surface area contributed by atoms with Crippen LogP contribution in [0.3, 0.4) is 0 Å². The average Bonchev–Trinajstić information content (AvgIpc) is 2.77. The van der Waals surface area contributed by atoms with Crippen molar-refractivity contribution in [3.8, 4) is 0 Å². The highest BCUT2D eigenvalue weighted by atomic mass is 19.4. The summed E-state index contributed by atoms with van der Waals surface area (Å²) in [4.78, 5) is 11.7. The molecule has 0 aliphatic heterocycles. The van der Waals surface area contributed by atoms with Crippen LogP contribution in [0.1, 0.15) is 10.5 Å². The molecular formula is C11H11F3N4O2. The fraction of sp³-hybridized carbons (Fsp3) is 0.273. The van der Waals surface area contributed by atoms with Crippen LogP contribution in [0, 0.1) is 0 Å². The van der Waals surface area contributed by atoms with Gasteiger partial charge in [-0.05, 0) is 18.2 Å². The molecule has 0 bridgehead atoms. The summed E-state index contributed by atoms with van der Waals surface area (Å²) in [6.45, 7) is -0.945. The number of aliphatic hydroxyl groups excluding tert-OH is 1. The first kappa shape index (κ1) is 14.1. The topological polar surface area (TPSA) is 104 Å². The number of rotatable bonds is 3. The number of nitrogens with two attached hydrogens (primary N) is 1. The molecule has 0 saturated carbocycles. The minimum Gasteiger partial charge on any atom is -0.399 e. The number of alkyl halides is 3. The number of hydrogen-bond acceptors (Lipinski definition) is 4. The van der Waals surface area contributed by atoms with E-state index in [9.17, 15) is 18.0 Å². The number of H-pyrrole nitrogens is 1. The number of aromatic amines is 1. The fourth-order valence-corrected chi connectivity index (χ4v) is 1.59. The number of benzene rings is 1. The molecule has 108 valence electrons. The molecular weight excluding hydrogens is 277 g/mol. The predicted molar refractivity (Wildman–Crippen MR) is 64.9 cm³/mol. The molecule has 2 rings (SSSR count). The van der Waals surface area contributed by atoms with Gasteiger partial charge >= 0.3 is 6.18 Å². The zero-order valence-corrected chi connectivity index (χ0v) is 10.0. The molecule has 1 aromatic carbocycles. The first-order valence-corrected chi connectivity index (χ1v) is 5.55. The predicted octanol–water partition coefficient (Wildman–Crippen LogP) is 0.798. The second kappa shape index (κ2) is 5.00. The number of nitrogens with one attached hydrogen (secondary N) is 2. The number of fused-ring (bicyclic) bond motifs is 1. The zero-order chi connectivity index (χ0) is 14.9. The molecule has 1 atom stereocenters. The normalized spacial score (nSPS) is 13.4. The molecule has 0 saturated heterocycles. The second-order valence-corrected chi connectivity index (χ2v) is 4.14. The van der Waals surface area contributed by atoms with Gasteiger partial charge in [-0.2, -0.15) is 18.3 Å². The molecule has 0 aliphatic rings. The number of halogens is 3. The summed E-state index contributed by atoms with van der Waals surface area (Å²) in [6.07, 6.45) is -7.41. The third-order valence-electron chi connectivity index (χ3n) is 2.64. The van der Waals surface area contributed by atoms with Gasteiger partial charge in [-0.1, -0.05) is 0 Å². The van der Waals surface area contributed by atoms with Crippen molar-refractivity contribution in [3.63, 3.8) is 0 Å². The summed E-state index contributed by atoms with van der Waals surface area (Å²) < 4.78 is 36.3. The number of aliphatic hydroxyl groups is 1. The third kappa shape index (κ3) is 2.82. The summed E-state index contributed by atoms with van der Waals surface area (Å²) >= 11 is 0. The van der Waals surface area contributed by atoms with Crippen LogP contribution >= 0.6 is 0 Å². The van der Waals surface area contributed by atoms with Gasteiger partial charge in [0.05, 0.1) is 12.1 Å². The van der Waals surface area contributed by atoms with Gasteiger partial charge in [-0.3, -0.25) is 9.89 Å². The van der Waals surface area contributed by atoms with Gasteiger partial charge < -0.3 is 16.2 Å². The van der Waals surface area contributed by atoms with Gasteiger partial charge in [0.2, 0.25) is 0 Å². The van der Waals surface area contributed by atoms with E-state index in [0.717, 1.165) is 0 Å². The lowest BCUT2D eigenvalue weighted by molar-refractivity contribution is -0.201. The van der Waals surface area contributed by atoms with E-state index in [1.807, 2.05) is 5.32 Å². The van der Waals surface area contributed by atoms with E-state index < -0.39 is 24.7 Å². The van der Waals surface area contributed by atoms with Crippen molar-refractivity contribution < 1.29 is 23.1 Å². The molecule has 9 heteroatoms. The monoisotopic (exact) mass is 288 g/mol. The molecule has 1 amide bonds. The zero-order valence-electron chi connectivity index (χ0n) is 10.0. The smallest absolute Gasteiger partial charge is 0.399 e. The average molecular weight is 288 g/mol. The Labute approximate surface area is 110 Å². The number of aromatic nitrogens is 2. The van der Waals surface area contributed by atoms with Crippen LogP contribution in [0.4, 0.5) is 18.9 Å². The van der Waals surface area contributed by atoms with Crippen molar-refractivity contribution in [3.05, 3.63) is 23.9 Å². The highest BCUT2D eigenvalue weighted by Crippen LogP contribution is 2.20. The van der Waals surface area contributed by atoms with Crippen molar-refractivity contribution in [2.45, 2.75) is 12.3 Å². The van der Waals surface area contributed by atoms with E-state index >= 15 is 0 Å². The van der Waals surface area contributed by atoms with Crippen LogP contribution in [0.2, 0.25) is 0 Å². The largest absolute Gasteiger partial charge is 0.416 e. The number of carbonyl (C=O) groups excluding carboxylic acids is 1. The van der Waals surface area contributed by atoms with Gasteiger partial charge in [0.1, 0.15) is 0 Å². The number of anilines is 1. The van der Waals surface area contributed by atoms with Crippen LogP contribution in [-0.4, -0.2) is 40.0 Å². The Morgan fingerprint density at radius 1 is 1.50 bits per heavy atom. The van der Waals surface area contributed by atoms with Crippen molar-refractivity contribution in [1.82, 2.24) is 15.5 Å². The Morgan fingerprint density at radius 3 is 2.85 bits per heavy atom. The van der Waals surface area contributed by atoms with Crippen molar-refractivity contribution in [2.24, 2.45) is 0 Å². The van der Waals surface area contributed by atoms with Gasteiger partial charge in [0, 0.05) is 11.1 Å². The Hall–Kier alpha value is -2.29. The molecule has 6 nitrogen and oxygen atoms in total. The van der Waals surface area contributed by atoms with Crippen LogP contribution < -0.4 is 11.1 Å². The summed E-state index contributed by atoms with van der Waals surface area (Å²) in [5.74, 6) is -0.829. The lowest BCUT2D eigenvalue weighted by Crippen LogP contribution is -2.40. The van der Waals surface area contributed by atoms with E-state index in [4.69, 9.17) is 10.8 Å². The lowest BCUT2D eigenvalue weighted by atomic mass is 10.2. The van der Waals surface area contributed by atoms with E-state index in [-0.39, 0.29) is 5.69 Å². The molecule has 1 unspecified atom stereocenters. The second-order valence-electron chi connectivity index (χ2n) is 4.14. The molecule has 0 fully saturated rings. The quantitative estimate of drug-likeness (QED) is 0.627. The van der Waals surface area contributed by atoms with Crippen molar-refractivity contribution in [2.75, 3.05) is 12.3 Å². The molecule has 0 aliphatic carbocycles. The number of nitrogen functional groups attached to an aromatic ring is 1. The van der Waals surface area contributed by atoms with Crippen LogP contribution in [0.25, 0.3) is 10.9 Å². The number of carbonyl (C=O) groups is 1. The highest BCUT2D eigenvalue weighted by molar-refractivity contribution is 6.05. The number of hydrogen-bond donors (Lipinski definition) is 4. The minimum atomic E-state index is -4.79. The van der Waals surface area contributed by atoms with Gasteiger partial charge in [0.25, 0.3) is 5.91 Å². The lowest BCUT2D eigenvalue weighted by Gasteiger charge is -2.14. The van der Waals surface area contributed by atoms with Gasteiger partial charge in [0.15, 0.2) is 11.8 Å². The number of nitrogens with zero attached hydrogens (tertiary/aromatic N) is 1. The molecule has 0 radical (unpaired) electrons. The third-order valence-corrected chi connectivity index (χ3v) is 2.64. The molecule has 5 N–H and O–H groups in total. The SMILES string of the molecule is Nc1ccc2[nH]nc(C(=O)NCC(O)C(F)(F)F)c2c1. The first-order chi connectivity index (χ1) is 9.29. The molecule has 1 aromatic heterocycles. The maximum Gasteiger partial charge on any atom is 0.416 e. The van der Waals surface area contributed by atoms with Crippen molar-refractivity contribution >= 4 is 22.5 Å². The van der Waals surface area contributed by atoms with E-state index in [2.05, 4.69) is 10.2 Å². The minimum absolute atomic E-state index is 0.0818. The van der Waals surface area contributed by atoms with Crippen LogP contribution in [-0.2, 0) is 0 Å². The van der Waals surface area contributed by atoms with Crippen LogP contribution in [0.15, 0.2) is 18.2 Å². The van der Waals surface area contributed by atoms with Gasteiger partial charge in [-0.25, -0.2) is 0 Å². The Kier molecular flexibility index (Phi) is 3.53. The van der Waals surface area contributed by atoms with Crippen LogP contribution in [0.5, 0.6) is 0 Å². The Bertz CT molecular complexity index is 638. The first-order valence-electron chi connectivity index (χ1n) is 5.55. The molecule has 0 spiro atoms. The summed E-state index contributed by atoms with van der Waals surface area (Å²) in [7, 11) is 0. The van der Waals surface area contributed by atoms with Gasteiger partial charge in [-0.15, -0.1) is 0 Å². The summed E-state index contributed by atoms with van der Waals surface area (Å²) in [5.41, 5.74) is 6.41. The Balaban J connectivity index is 2.14. The highest BCUT2D eigenvalue weighted by Gasteiger charge is 2.38. The maximum atomic E-state index is 12.1. The molecule has 1 heterocycles. The van der Waals surface area contributed by atoms with E-state index in [1.54, 1.807) is 12.1 Å². The van der Waals surface area contributed by atoms with Crippen molar-refractivity contribution in [1.29, 1.82) is 0 Å². The fourth-order valence-electron chi connectivity index (χ4n) is 1.59. The summed E-state index contributed by atoms with van der Waals surface area (Å²) in [5, 5.41) is 17.4. The van der Waals surface area contributed by atoms with E-state index in [0.29, 0.717) is 16.6 Å². The van der Waals surface area contributed by atoms with E-state index in [1.165, 1.54) is 6.07 Å². The molecule has 20 heavy (non-hydrogen) atoms. The standard InChI is InChI=1S/C11H11F3N4O2/c12-11(13,14)8(19)4-16-10(20)9-6-3-5(15)1-2-7(6)17-18-9/h1-3,8,19H,4,15H2,(H,16,20)(H,17,18). The summed E-state index contributed by atoms with van der Waals surface area (Å²) in [6, 6.07) is 4.67. The molecule has 2 aromatic rings.